The summed E-state index contributed by atoms with van der Waals surface area (Å²) in [5.41, 5.74) is 4.69. The molecule has 1 saturated heterocycles. The Morgan fingerprint density at radius 1 is 1.03 bits per heavy atom. The average molecular weight is 527 g/mol. The third kappa shape index (κ3) is 4.37. The molecule has 0 aliphatic carbocycles. The van der Waals surface area contributed by atoms with Crippen LogP contribution in [0.3, 0.4) is 0 Å². The number of ketones is 1. The molecule has 1 aromatic heterocycles. The number of hydrogen-bond acceptors (Lipinski definition) is 6. The van der Waals surface area contributed by atoms with Crippen LogP contribution >= 0.6 is 11.3 Å². The summed E-state index contributed by atoms with van der Waals surface area (Å²) >= 11 is 1.31. The second kappa shape index (κ2) is 9.40. The van der Waals surface area contributed by atoms with E-state index in [-0.39, 0.29) is 16.7 Å². The molecule has 3 aromatic carbocycles. The molecule has 38 heavy (non-hydrogen) atoms. The summed E-state index contributed by atoms with van der Waals surface area (Å²) in [5.74, 6) is -0.942. The van der Waals surface area contributed by atoms with Gasteiger partial charge in [-0.2, -0.15) is 0 Å². The van der Waals surface area contributed by atoms with Crippen molar-refractivity contribution in [1.82, 2.24) is 4.98 Å². The number of Topliss-reactive ketones (excluding diaryl/α,β-unsaturated/α-hetero) is 1. The number of aromatic nitrogens is 1. The number of aliphatic hydroxyl groups excluding tert-OH is 1. The number of rotatable bonds is 4. The molecule has 4 aromatic rings. The molecule has 1 atom stereocenters. The highest BCUT2D eigenvalue weighted by atomic mass is 32.1. The Morgan fingerprint density at radius 3 is 2.47 bits per heavy atom. The van der Waals surface area contributed by atoms with Crippen molar-refractivity contribution in [3.05, 3.63) is 94.1 Å². The molecular weight excluding hydrogens is 496 g/mol. The molecule has 1 aliphatic rings. The predicted molar refractivity (Wildman–Crippen MR) is 152 cm³/mol. The van der Waals surface area contributed by atoms with Gasteiger partial charge < -0.3 is 9.84 Å². The third-order valence-electron chi connectivity index (χ3n) is 6.95. The lowest BCUT2D eigenvalue weighted by Gasteiger charge is -2.24. The van der Waals surface area contributed by atoms with E-state index in [9.17, 15) is 14.7 Å². The van der Waals surface area contributed by atoms with Crippen LogP contribution in [0.1, 0.15) is 54.6 Å². The molecule has 1 unspecified atom stereocenters. The number of amides is 1. The fourth-order valence-corrected chi connectivity index (χ4v) is 5.82. The highest BCUT2D eigenvalue weighted by Crippen LogP contribution is 2.45. The van der Waals surface area contributed by atoms with Crippen LogP contribution in [0.4, 0.5) is 5.13 Å². The molecule has 0 spiro atoms. The molecule has 1 N–H and O–H groups in total. The normalized spacial score (nSPS) is 17.4. The van der Waals surface area contributed by atoms with Crippen LogP contribution in [0.5, 0.6) is 5.75 Å². The van der Waals surface area contributed by atoms with Gasteiger partial charge in [0.15, 0.2) is 5.13 Å². The minimum atomic E-state index is -0.824. The van der Waals surface area contributed by atoms with E-state index in [1.807, 2.05) is 74.5 Å². The molecule has 194 valence electrons. The maximum absolute atomic E-state index is 13.6. The lowest BCUT2D eigenvalue weighted by atomic mass is 9.84. The molecular formula is C31H30N2O4S. The molecule has 7 heteroatoms. The number of benzene rings is 3. The van der Waals surface area contributed by atoms with E-state index in [4.69, 9.17) is 9.72 Å². The van der Waals surface area contributed by atoms with E-state index in [0.717, 1.165) is 27.0 Å². The Balaban J connectivity index is 1.75. The Labute approximate surface area is 226 Å². The fourth-order valence-electron chi connectivity index (χ4n) is 4.80. The van der Waals surface area contributed by atoms with E-state index in [2.05, 4.69) is 20.8 Å². The van der Waals surface area contributed by atoms with Gasteiger partial charge in [-0.05, 0) is 60.2 Å². The highest BCUT2D eigenvalue weighted by Gasteiger charge is 2.48. The smallest absolute Gasteiger partial charge is 0.301 e. The number of fused-ring (bicyclic) bond motifs is 1. The number of carbonyl (C=O) groups is 2. The number of aryl methyl sites for hydroxylation is 2. The number of carbonyl (C=O) groups excluding carboxylic acids is 2. The zero-order valence-electron chi connectivity index (χ0n) is 22.3. The van der Waals surface area contributed by atoms with Crippen molar-refractivity contribution in [3.8, 4) is 5.75 Å². The van der Waals surface area contributed by atoms with Crippen molar-refractivity contribution < 1.29 is 19.4 Å². The second-order valence-corrected chi connectivity index (χ2v) is 11.7. The Hall–Kier alpha value is -3.97. The van der Waals surface area contributed by atoms with Crippen molar-refractivity contribution in [2.45, 2.75) is 46.1 Å². The van der Waals surface area contributed by atoms with Crippen molar-refractivity contribution in [2.75, 3.05) is 12.0 Å². The van der Waals surface area contributed by atoms with Gasteiger partial charge in [0.2, 0.25) is 0 Å². The van der Waals surface area contributed by atoms with Gasteiger partial charge in [-0.3, -0.25) is 14.5 Å². The summed E-state index contributed by atoms with van der Waals surface area (Å²) in [7, 11) is 1.59. The predicted octanol–water partition coefficient (Wildman–Crippen LogP) is 6.85. The number of aliphatic hydroxyl groups is 1. The zero-order valence-corrected chi connectivity index (χ0v) is 23.1. The molecule has 5 rings (SSSR count). The number of methoxy groups -OCH3 is 1. The van der Waals surface area contributed by atoms with Gasteiger partial charge in [0, 0.05) is 5.56 Å². The van der Waals surface area contributed by atoms with Gasteiger partial charge in [0.05, 0.1) is 28.9 Å². The van der Waals surface area contributed by atoms with Gasteiger partial charge >= 0.3 is 5.91 Å². The summed E-state index contributed by atoms with van der Waals surface area (Å²) in [6.45, 7) is 10.1. The molecule has 1 amide bonds. The van der Waals surface area contributed by atoms with Crippen LogP contribution in [0.25, 0.3) is 16.0 Å². The lowest BCUT2D eigenvalue weighted by Crippen LogP contribution is -2.29. The summed E-state index contributed by atoms with van der Waals surface area (Å²) in [6, 6.07) is 18.2. The minimum Gasteiger partial charge on any atom is -0.507 e. The Bertz CT molecular complexity index is 1630. The lowest BCUT2D eigenvalue weighted by molar-refractivity contribution is -0.132. The first kappa shape index (κ1) is 25.7. The quantitative estimate of drug-likeness (QED) is 0.179. The first-order chi connectivity index (χ1) is 18.0. The summed E-state index contributed by atoms with van der Waals surface area (Å²) in [6.07, 6.45) is 0. The largest absolute Gasteiger partial charge is 0.507 e. The third-order valence-corrected chi connectivity index (χ3v) is 7.97. The zero-order chi connectivity index (χ0) is 27.4. The van der Waals surface area contributed by atoms with Crippen molar-refractivity contribution in [3.63, 3.8) is 0 Å². The van der Waals surface area contributed by atoms with Gasteiger partial charge in [0.25, 0.3) is 5.78 Å². The molecule has 0 bridgehead atoms. The summed E-state index contributed by atoms with van der Waals surface area (Å²) < 4.78 is 6.18. The van der Waals surface area contributed by atoms with Crippen LogP contribution in [-0.2, 0) is 15.0 Å². The van der Waals surface area contributed by atoms with Crippen LogP contribution in [0.15, 0.2) is 66.2 Å². The van der Waals surface area contributed by atoms with E-state index in [0.29, 0.717) is 22.0 Å². The first-order valence-corrected chi connectivity index (χ1v) is 13.2. The number of nitrogens with zero attached hydrogens (tertiary/aromatic N) is 2. The first-order valence-electron chi connectivity index (χ1n) is 12.4. The maximum Gasteiger partial charge on any atom is 0.301 e. The van der Waals surface area contributed by atoms with Crippen LogP contribution in [-0.4, -0.2) is 28.9 Å². The van der Waals surface area contributed by atoms with Crippen molar-refractivity contribution in [1.29, 1.82) is 0 Å². The maximum atomic E-state index is 13.6. The van der Waals surface area contributed by atoms with E-state index < -0.39 is 17.7 Å². The minimum absolute atomic E-state index is 0.0617. The SMILES string of the molecule is COc1ccc2nc(N3C(=O)C(=O)/C(=C(/O)c4cc(C(C)(C)C)ccc4C)C3c3cccc(C)c3)sc2c1. The average Bonchev–Trinajstić information content (AvgIpc) is 3.40. The summed E-state index contributed by atoms with van der Waals surface area (Å²) in [4.78, 5) is 33.3. The fraction of sp³-hybridized carbons (Fsp3) is 0.258. The highest BCUT2D eigenvalue weighted by molar-refractivity contribution is 7.22. The van der Waals surface area contributed by atoms with E-state index in [1.165, 1.54) is 16.2 Å². The molecule has 2 heterocycles. The van der Waals surface area contributed by atoms with E-state index in [1.54, 1.807) is 7.11 Å². The van der Waals surface area contributed by atoms with Crippen molar-refractivity contribution in [2.24, 2.45) is 0 Å². The standard InChI is InChI=1S/C31H30N2O4S/c1-17-8-7-9-19(14-17)26-25(27(34)22-15-20(31(3,4)5)11-10-18(22)2)28(35)29(36)33(26)30-32-23-13-12-21(37-6)16-24(23)38-30/h7-16,26,34H,1-6H3/b27-25+. The number of hydrogen-bond donors (Lipinski definition) is 1. The Kier molecular flexibility index (Phi) is 6.35. The molecule has 1 aliphatic heterocycles. The molecule has 6 nitrogen and oxygen atoms in total. The monoisotopic (exact) mass is 526 g/mol. The van der Waals surface area contributed by atoms with Gasteiger partial charge in [-0.25, -0.2) is 4.98 Å². The van der Waals surface area contributed by atoms with E-state index >= 15 is 0 Å². The van der Waals surface area contributed by atoms with Crippen molar-refractivity contribution >= 4 is 44.1 Å². The number of anilines is 1. The number of thiazole rings is 1. The second-order valence-electron chi connectivity index (χ2n) is 10.7. The summed E-state index contributed by atoms with van der Waals surface area (Å²) in [5, 5.41) is 12.1. The van der Waals surface area contributed by atoms with Crippen LogP contribution < -0.4 is 9.64 Å². The molecule has 0 saturated carbocycles. The molecule has 1 fully saturated rings. The topological polar surface area (TPSA) is 79.7 Å². The van der Waals surface area contributed by atoms with Crippen LogP contribution in [0.2, 0.25) is 0 Å². The van der Waals surface area contributed by atoms with Gasteiger partial charge in [-0.1, -0.05) is 74.1 Å². The number of ether oxygens (including phenoxy) is 1. The Morgan fingerprint density at radius 2 is 1.79 bits per heavy atom. The molecule has 0 radical (unpaired) electrons. The van der Waals surface area contributed by atoms with Gasteiger partial charge in [0.1, 0.15) is 11.5 Å². The van der Waals surface area contributed by atoms with Gasteiger partial charge in [-0.15, -0.1) is 0 Å². The van der Waals surface area contributed by atoms with Crippen LogP contribution in [0, 0.1) is 13.8 Å².